The molecule has 0 amide bonds. The molecule has 1 aliphatic heterocycles. The van der Waals surface area contributed by atoms with E-state index in [0.717, 1.165) is 32.7 Å². The third-order valence-corrected chi connectivity index (χ3v) is 5.26. The van der Waals surface area contributed by atoms with Gasteiger partial charge in [-0.3, -0.25) is 9.80 Å². The quantitative estimate of drug-likeness (QED) is 0.637. The summed E-state index contributed by atoms with van der Waals surface area (Å²) >= 11 is 0. The molecule has 1 fully saturated rings. The van der Waals surface area contributed by atoms with E-state index in [-0.39, 0.29) is 6.61 Å². The first-order valence-electron chi connectivity index (χ1n) is 10.2. The van der Waals surface area contributed by atoms with Crippen molar-refractivity contribution >= 4 is 0 Å². The van der Waals surface area contributed by atoms with Crippen molar-refractivity contribution in [2.24, 2.45) is 0 Å². The summed E-state index contributed by atoms with van der Waals surface area (Å²) in [5.41, 5.74) is 1.34. The Morgan fingerprint density at radius 1 is 0.867 bits per heavy atom. The first-order valence-corrected chi connectivity index (χ1v) is 10.2. The second kappa shape index (κ2) is 11.1. The smallest absolute Gasteiger partial charge is 0.203 e. The average Bonchev–Trinajstić information content (AvgIpc) is 2.78. The molecule has 2 aromatic rings. The lowest BCUT2D eigenvalue weighted by Gasteiger charge is -2.35. The zero-order valence-electron chi connectivity index (χ0n) is 18.0. The third kappa shape index (κ3) is 6.01. The summed E-state index contributed by atoms with van der Waals surface area (Å²) in [6.45, 7) is 5.63. The molecule has 30 heavy (non-hydrogen) atoms. The van der Waals surface area contributed by atoms with Crippen LogP contribution in [-0.2, 0) is 6.54 Å². The van der Waals surface area contributed by atoms with Gasteiger partial charge in [0.05, 0.1) is 21.3 Å². The molecule has 1 N–H and O–H groups in total. The number of hydrogen-bond donors (Lipinski definition) is 1. The minimum Gasteiger partial charge on any atom is -0.493 e. The molecule has 164 valence electrons. The number of hydrogen-bond acceptors (Lipinski definition) is 7. The Hall–Kier alpha value is -2.48. The molecular weight excluding hydrogens is 384 g/mol. The maximum absolute atomic E-state index is 10.5. The van der Waals surface area contributed by atoms with Gasteiger partial charge in [0.25, 0.3) is 0 Å². The van der Waals surface area contributed by atoms with Crippen LogP contribution in [-0.4, -0.2) is 81.7 Å². The summed E-state index contributed by atoms with van der Waals surface area (Å²) in [6, 6.07) is 14.0. The highest BCUT2D eigenvalue weighted by Gasteiger charge is 2.20. The van der Waals surface area contributed by atoms with Crippen LogP contribution in [0, 0.1) is 0 Å². The first-order chi connectivity index (χ1) is 14.6. The highest BCUT2D eigenvalue weighted by atomic mass is 16.5. The van der Waals surface area contributed by atoms with Crippen molar-refractivity contribution in [1.82, 2.24) is 9.80 Å². The molecule has 0 spiro atoms. The van der Waals surface area contributed by atoms with Crippen molar-refractivity contribution in [2.45, 2.75) is 12.6 Å². The van der Waals surface area contributed by atoms with Crippen molar-refractivity contribution in [3.05, 3.63) is 48.0 Å². The standard InChI is InChI=1S/C23H32N2O5/c1-27-21-13-20(14-22(28-2)23(21)29-3)30-17-19(26)16-25-11-9-24(10-12-25)15-18-7-5-4-6-8-18/h4-8,13-14,19,26H,9-12,15-17H2,1-3H3. The lowest BCUT2D eigenvalue weighted by Crippen LogP contribution is -2.48. The Labute approximate surface area is 178 Å². The second-order valence-electron chi connectivity index (χ2n) is 7.39. The van der Waals surface area contributed by atoms with Crippen LogP contribution < -0.4 is 18.9 Å². The highest BCUT2D eigenvalue weighted by Crippen LogP contribution is 2.40. The molecule has 7 nitrogen and oxygen atoms in total. The van der Waals surface area contributed by atoms with Crippen LogP contribution >= 0.6 is 0 Å². The van der Waals surface area contributed by atoms with Crippen LogP contribution in [0.3, 0.4) is 0 Å². The maximum Gasteiger partial charge on any atom is 0.203 e. The Balaban J connectivity index is 1.45. The number of aliphatic hydroxyl groups excluding tert-OH is 1. The summed E-state index contributed by atoms with van der Waals surface area (Å²) in [4.78, 5) is 4.73. The van der Waals surface area contributed by atoms with Crippen molar-refractivity contribution < 1.29 is 24.1 Å². The predicted octanol–water partition coefficient (Wildman–Crippen LogP) is 2.27. The summed E-state index contributed by atoms with van der Waals surface area (Å²) in [5, 5.41) is 10.5. The van der Waals surface area contributed by atoms with E-state index < -0.39 is 6.10 Å². The number of piperazine rings is 1. The lowest BCUT2D eigenvalue weighted by atomic mass is 10.2. The van der Waals surface area contributed by atoms with Crippen LogP contribution in [0.1, 0.15) is 5.56 Å². The molecule has 0 radical (unpaired) electrons. The highest BCUT2D eigenvalue weighted by molar-refractivity contribution is 5.55. The van der Waals surface area contributed by atoms with E-state index in [0.29, 0.717) is 29.5 Å². The normalized spacial score (nSPS) is 16.1. The zero-order chi connectivity index (χ0) is 21.3. The number of methoxy groups -OCH3 is 3. The molecular formula is C23H32N2O5. The lowest BCUT2D eigenvalue weighted by molar-refractivity contribution is 0.0445. The fourth-order valence-corrected chi connectivity index (χ4v) is 3.66. The monoisotopic (exact) mass is 416 g/mol. The van der Waals surface area contributed by atoms with E-state index in [9.17, 15) is 5.11 Å². The van der Waals surface area contributed by atoms with Gasteiger partial charge in [0, 0.05) is 51.4 Å². The summed E-state index contributed by atoms with van der Waals surface area (Å²) in [6.07, 6.45) is -0.579. The molecule has 1 heterocycles. The number of ether oxygens (including phenoxy) is 4. The average molecular weight is 417 g/mol. The van der Waals surface area contributed by atoms with E-state index >= 15 is 0 Å². The minimum absolute atomic E-state index is 0.197. The second-order valence-corrected chi connectivity index (χ2v) is 7.39. The molecule has 0 aliphatic carbocycles. The number of benzene rings is 2. The largest absolute Gasteiger partial charge is 0.493 e. The molecule has 0 bridgehead atoms. The summed E-state index contributed by atoms with van der Waals surface area (Å²) in [5.74, 6) is 2.13. The van der Waals surface area contributed by atoms with Gasteiger partial charge in [0.2, 0.25) is 5.75 Å². The number of β-amino-alcohol motifs (C(OH)–C–C–N with tert-alkyl or cyclic N) is 1. The van der Waals surface area contributed by atoms with Crippen molar-refractivity contribution in [1.29, 1.82) is 0 Å². The van der Waals surface area contributed by atoms with Gasteiger partial charge in [0.1, 0.15) is 18.5 Å². The van der Waals surface area contributed by atoms with E-state index in [1.54, 1.807) is 33.5 Å². The Morgan fingerprint density at radius 2 is 1.47 bits per heavy atom. The molecule has 3 rings (SSSR count). The van der Waals surface area contributed by atoms with Crippen LogP contribution in [0.4, 0.5) is 0 Å². The molecule has 1 unspecified atom stereocenters. The first kappa shape index (κ1) is 22.2. The fourth-order valence-electron chi connectivity index (χ4n) is 3.66. The van der Waals surface area contributed by atoms with E-state index in [4.69, 9.17) is 18.9 Å². The number of nitrogens with zero attached hydrogens (tertiary/aromatic N) is 2. The SMILES string of the molecule is COc1cc(OCC(O)CN2CCN(Cc3ccccc3)CC2)cc(OC)c1OC. The summed E-state index contributed by atoms with van der Waals surface area (Å²) < 4.78 is 21.8. The molecule has 1 aliphatic rings. The van der Waals surface area contributed by atoms with Gasteiger partial charge in [-0.15, -0.1) is 0 Å². The minimum atomic E-state index is -0.579. The Kier molecular flexibility index (Phi) is 8.19. The van der Waals surface area contributed by atoms with E-state index in [1.807, 2.05) is 6.07 Å². The van der Waals surface area contributed by atoms with Gasteiger partial charge in [-0.05, 0) is 5.56 Å². The van der Waals surface area contributed by atoms with E-state index in [1.165, 1.54) is 5.56 Å². The van der Waals surface area contributed by atoms with Gasteiger partial charge in [-0.1, -0.05) is 30.3 Å². The Morgan fingerprint density at radius 3 is 2.03 bits per heavy atom. The fraction of sp³-hybridized carbons (Fsp3) is 0.478. The van der Waals surface area contributed by atoms with Gasteiger partial charge in [0.15, 0.2) is 11.5 Å². The zero-order valence-corrected chi connectivity index (χ0v) is 18.0. The third-order valence-electron chi connectivity index (χ3n) is 5.26. The molecule has 0 saturated carbocycles. The molecule has 7 heteroatoms. The molecule has 2 aromatic carbocycles. The maximum atomic E-state index is 10.5. The van der Waals surface area contributed by atoms with Crippen LogP contribution in [0.15, 0.2) is 42.5 Å². The predicted molar refractivity (Wildman–Crippen MR) is 116 cm³/mol. The summed E-state index contributed by atoms with van der Waals surface area (Å²) in [7, 11) is 4.69. The Bertz CT molecular complexity index is 753. The topological polar surface area (TPSA) is 63.6 Å². The molecule has 0 aromatic heterocycles. The van der Waals surface area contributed by atoms with Crippen molar-refractivity contribution in [3.8, 4) is 23.0 Å². The molecule has 1 saturated heterocycles. The van der Waals surface area contributed by atoms with Gasteiger partial charge in [-0.25, -0.2) is 0 Å². The molecule has 1 atom stereocenters. The number of aliphatic hydroxyl groups is 1. The van der Waals surface area contributed by atoms with Gasteiger partial charge < -0.3 is 24.1 Å². The number of rotatable bonds is 10. The van der Waals surface area contributed by atoms with Gasteiger partial charge >= 0.3 is 0 Å². The van der Waals surface area contributed by atoms with Crippen molar-refractivity contribution in [3.63, 3.8) is 0 Å². The van der Waals surface area contributed by atoms with Crippen LogP contribution in [0.5, 0.6) is 23.0 Å². The van der Waals surface area contributed by atoms with Gasteiger partial charge in [-0.2, -0.15) is 0 Å². The van der Waals surface area contributed by atoms with Crippen molar-refractivity contribution in [2.75, 3.05) is 60.7 Å². The van der Waals surface area contributed by atoms with Crippen LogP contribution in [0.25, 0.3) is 0 Å². The van der Waals surface area contributed by atoms with Crippen LogP contribution in [0.2, 0.25) is 0 Å². The van der Waals surface area contributed by atoms with E-state index in [2.05, 4.69) is 34.1 Å².